The van der Waals surface area contributed by atoms with Crippen LogP contribution in [0.4, 0.5) is 0 Å². The standard InChI is InChI=1S/C21H32O/c1-4-14-9-11-20(2)15(13-14)5-6-16-17-7-8-19(22)21(17,3)12-10-18(16)20/h5,14,16-18H,4,6-13H2,1-3H3/t14-,16?,17?,18?,20-,21?/m0/s1. The molecule has 0 N–H and O–H groups in total. The van der Waals surface area contributed by atoms with Crippen LogP contribution in [-0.4, -0.2) is 5.78 Å². The number of allylic oxidation sites excluding steroid dienone is 2. The van der Waals surface area contributed by atoms with E-state index in [9.17, 15) is 4.79 Å². The van der Waals surface area contributed by atoms with Gasteiger partial charge >= 0.3 is 0 Å². The Morgan fingerprint density at radius 2 is 1.82 bits per heavy atom. The van der Waals surface area contributed by atoms with Gasteiger partial charge in [-0.3, -0.25) is 4.79 Å². The van der Waals surface area contributed by atoms with Gasteiger partial charge in [-0.05, 0) is 74.0 Å². The Morgan fingerprint density at radius 1 is 1.09 bits per heavy atom. The molecule has 0 aromatic carbocycles. The van der Waals surface area contributed by atoms with E-state index in [1.165, 1.54) is 44.9 Å². The second-order valence-corrected chi connectivity index (χ2v) is 9.19. The molecular formula is C21H32O. The van der Waals surface area contributed by atoms with E-state index in [1.807, 2.05) is 0 Å². The summed E-state index contributed by atoms with van der Waals surface area (Å²) in [6, 6.07) is 0. The predicted octanol–water partition coefficient (Wildman–Crippen LogP) is 5.54. The first-order chi connectivity index (χ1) is 10.5. The molecule has 1 heteroatoms. The third-order valence-corrected chi connectivity index (χ3v) is 8.49. The number of hydrogen-bond acceptors (Lipinski definition) is 1. The number of rotatable bonds is 1. The highest BCUT2D eigenvalue weighted by molar-refractivity contribution is 5.87. The lowest BCUT2D eigenvalue weighted by Crippen LogP contribution is -2.50. The van der Waals surface area contributed by atoms with E-state index in [0.717, 1.165) is 30.6 Å². The van der Waals surface area contributed by atoms with Crippen LogP contribution in [-0.2, 0) is 4.79 Å². The lowest BCUT2D eigenvalue weighted by molar-refractivity contribution is -0.131. The highest BCUT2D eigenvalue weighted by atomic mass is 16.1. The van der Waals surface area contributed by atoms with Crippen LogP contribution in [0.1, 0.15) is 78.6 Å². The van der Waals surface area contributed by atoms with Crippen LogP contribution < -0.4 is 0 Å². The first-order valence-electron chi connectivity index (χ1n) is 9.72. The summed E-state index contributed by atoms with van der Waals surface area (Å²) in [6.45, 7) is 7.22. The molecule has 0 heterocycles. The van der Waals surface area contributed by atoms with Crippen LogP contribution >= 0.6 is 0 Å². The van der Waals surface area contributed by atoms with E-state index >= 15 is 0 Å². The van der Waals surface area contributed by atoms with E-state index < -0.39 is 0 Å². The summed E-state index contributed by atoms with van der Waals surface area (Å²) >= 11 is 0. The summed E-state index contributed by atoms with van der Waals surface area (Å²) in [5, 5.41) is 0. The van der Waals surface area contributed by atoms with Gasteiger partial charge in [0.1, 0.15) is 5.78 Å². The maximum absolute atomic E-state index is 12.4. The molecule has 4 rings (SSSR count). The highest BCUT2D eigenvalue weighted by Crippen LogP contribution is 2.64. The lowest BCUT2D eigenvalue weighted by atomic mass is 9.47. The van der Waals surface area contributed by atoms with E-state index in [-0.39, 0.29) is 5.41 Å². The Morgan fingerprint density at radius 3 is 2.59 bits per heavy atom. The summed E-state index contributed by atoms with van der Waals surface area (Å²) in [4.78, 5) is 12.4. The molecule has 3 fully saturated rings. The summed E-state index contributed by atoms with van der Waals surface area (Å²) in [7, 11) is 0. The van der Waals surface area contributed by atoms with Gasteiger partial charge in [-0.1, -0.05) is 38.8 Å². The van der Waals surface area contributed by atoms with Crippen LogP contribution in [0.5, 0.6) is 0 Å². The van der Waals surface area contributed by atoms with Gasteiger partial charge in [-0.15, -0.1) is 0 Å². The summed E-state index contributed by atoms with van der Waals surface area (Å²) in [5.41, 5.74) is 2.28. The van der Waals surface area contributed by atoms with Crippen molar-refractivity contribution >= 4 is 5.78 Å². The van der Waals surface area contributed by atoms with Gasteiger partial charge in [0.25, 0.3) is 0 Å². The second kappa shape index (κ2) is 4.95. The monoisotopic (exact) mass is 300 g/mol. The van der Waals surface area contributed by atoms with Crippen molar-refractivity contribution in [3.05, 3.63) is 11.6 Å². The minimum absolute atomic E-state index is 0.0312. The molecule has 0 bridgehead atoms. The molecule has 4 aliphatic rings. The van der Waals surface area contributed by atoms with E-state index in [1.54, 1.807) is 5.57 Å². The van der Waals surface area contributed by atoms with Crippen LogP contribution in [0.3, 0.4) is 0 Å². The number of Topliss-reactive ketones (excluding diaryl/α,β-unsaturated/α-hetero) is 1. The molecule has 1 nitrogen and oxygen atoms in total. The fraction of sp³-hybridized carbons (Fsp3) is 0.857. The predicted molar refractivity (Wildman–Crippen MR) is 90.5 cm³/mol. The first-order valence-corrected chi connectivity index (χ1v) is 9.72. The Labute approximate surface area is 135 Å². The lowest BCUT2D eigenvalue weighted by Gasteiger charge is -2.57. The average Bonchev–Trinajstić information content (AvgIpc) is 2.82. The van der Waals surface area contributed by atoms with Crippen molar-refractivity contribution in [3.8, 4) is 0 Å². The number of carbonyl (C=O) groups excluding carboxylic acids is 1. The largest absolute Gasteiger partial charge is 0.299 e. The van der Waals surface area contributed by atoms with Crippen molar-refractivity contribution in [1.29, 1.82) is 0 Å². The van der Waals surface area contributed by atoms with E-state index in [4.69, 9.17) is 0 Å². The normalized spacial score (nSPS) is 50.9. The van der Waals surface area contributed by atoms with Crippen LogP contribution in [0, 0.1) is 34.5 Å². The summed E-state index contributed by atoms with van der Waals surface area (Å²) in [5.74, 6) is 3.83. The van der Waals surface area contributed by atoms with E-state index in [2.05, 4.69) is 26.8 Å². The Kier molecular flexibility index (Phi) is 3.37. The SMILES string of the molecule is CC[C@H]1CC[C@@]2(C)C(=CCC3C4CCC(=O)C4(C)CCC32)C1. The third kappa shape index (κ3) is 1.86. The smallest absolute Gasteiger partial charge is 0.139 e. The van der Waals surface area contributed by atoms with Crippen molar-refractivity contribution in [2.45, 2.75) is 78.6 Å². The van der Waals surface area contributed by atoms with Gasteiger partial charge in [0, 0.05) is 11.8 Å². The Hall–Kier alpha value is -0.590. The van der Waals surface area contributed by atoms with Gasteiger partial charge in [-0.25, -0.2) is 0 Å². The number of carbonyl (C=O) groups is 1. The number of fused-ring (bicyclic) bond motifs is 5. The summed E-state index contributed by atoms with van der Waals surface area (Å²) < 4.78 is 0. The molecule has 3 saturated carbocycles. The third-order valence-electron chi connectivity index (χ3n) is 8.49. The fourth-order valence-corrected chi connectivity index (χ4v) is 6.86. The van der Waals surface area contributed by atoms with Crippen LogP contribution in [0.2, 0.25) is 0 Å². The molecule has 6 atom stereocenters. The second-order valence-electron chi connectivity index (χ2n) is 9.19. The zero-order valence-corrected chi connectivity index (χ0v) is 14.7. The Balaban J connectivity index is 1.66. The van der Waals surface area contributed by atoms with Gasteiger partial charge in [0.15, 0.2) is 0 Å². The molecule has 4 aliphatic carbocycles. The minimum Gasteiger partial charge on any atom is -0.299 e. The van der Waals surface area contributed by atoms with Crippen molar-refractivity contribution in [1.82, 2.24) is 0 Å². The molecule has 0 aromatic rings. The number of ketones is 1. The fourth-order valence-electron chi connectivity index (χ4n) is 6.86. The minimum atomic E-state index is 0.0312. The molecule has 4 unspecified atom stereocenters. The van der Waals surface area contributed by atoms with Gasteiger partial charge in [0.05, 0.1) is 0 Å². The maximum Gasteiger partial charge on any atom is 0.139 e. The number of hydrogen-bond donors (Lipinski definition) is 0. The van der Waals surface area contributed by atoms with Gasteiger partial charge in [-0.2, -0.15) is 0 Å². The van der Waals surface area contributed by atoms with Crippen molar-refractivity contribution in [2.24, 2.45) is 34.5 Å². The average molecular weight is 300 g/mol. The molecule has 22 heavy (non-hydrogen) atoms. The van der Waals surface area contributed by atoms with Crippen molar-refractivity contribution < 1.29 is 4.79 Å². The van der Waals surface area contributed by atoms with Gasteiger partial charge in [0.2, 0.25) is 0 Å². The van der Waals surface area contributed by atoms with E-state index in [0.29, 0.717) is 17.1 Å². The van der Waals surface area contributed by atoms with Crippen LogP contribution in [0.15, 0.2) is 11.6 Å². The maximum atomic E-state index is 12.4. The zero-order valence-electron chi connectivity index (χ0n) is 14.7. The molecular weight excluding hydrogens is 268 g/mol. The molecule has 122 valence electrons. The molecule has 0 radical (unpaired) electrons. The molecule has 0 amide bonds. The first kappa shape index (κ1) is 15.0. The molecule has 0 spiro atoms. The zero-order chi connectivity index (χ0) is 15.5. The van der Waals surface area contributed by atoms with Crippen LogP contribution in [0.25, 0.3) is 0 Å². The Bertz CT molecular complexity index is 518. The molecule has 0 saturated heterocycles. The van der Waals surface area contributed by atoms with Crippen molar-refractivity contribution in [2.75, 3.05) is 0 Å². The summed E-state index contributed by atoms with van der Waals surface area (Å²) in [6.07, 6.45) is 13.9. The van der Waals surface area contributed by atoms with Gasteiger partial charge < -0.3 is 0 Å². The quantitative estimate of drug-likeness (QED) is 0.581. The highest BCUT2D eigenvalue weighted by Gasteiger charge is 2.58. The molecule has 0 aromatic heterocycles. The topological polar surface area (TPSA) is 17.1 Å². The molecule has 0 aliphatic heterocycles. The van der Waals surface area contributed by atoms with Crippen molar-refractivity contribution in [3.63, 3.8) is 0 Å².